The van der Waals surface area contributed by atoms with E-state index in [0.717, 1.165) is 69.6 Å². The maximum atomic E-state index is 13.6. The predicted octanol–water partition coefficient (Wildman–Crippen LogP) is 8.05. The van der Waals surface area contributed by atoms with Crippen LogP contribution in [0.2, 0.25) is 0 Å². The lowest BCUT2D eigenvalue weighted by Gasteiger charge is -2.62. The summed E-state index contributed by atoms with van der Waals surface area (Å²) in [6, 6.07) is 0. The first kappa shape index (κ1) is 26.3. The van der Waals surface area contributed by atoms with E-state index in [0.29, 0.717) is 29.6 Å². The van der Waals surface area contributed by atoms with Crippen LogP contribution in [0.25, 0.3) is 0 Å². The zero-order valence-corrected chi connectivity index (χ0v) is 22.3. The number of hydrogen-bond acceptors (Lipinski definition) is 2. The van der Waals surface area contributed by atoms with Crippen LogP contribution in [0.5, 0.6) is 0 Å². The molecular formula is C30H49F3O2. The van der Waals surface area contributed by atoms with Crippen LogP contribution in [-0.4, -0.2) is 27.6 Å². The molecule has 0 aromatic carbocycles. The molecule has 0 radical (unpaired) electrons. The van der Waals surface area contributed by atoms with Gasteiger partial charge in [-0.05, 0) is 143 Å². The van der Waals surface area contributed by atoms with Crippen molar-refractivity contribution in [3.05, 3.63) is 0 Å². The van der Waals surface area contributed by atoms with Gasteiger partial charge in [-0.3, -0.25) is 0 Å². The Morgan fingerprint density at radius 3 is 2.14 bits per heavy atom. The fourth-order valence-electron chi connectivity index (χ4n) is 10.3. The molecule has 5 rings (SSSR count). The van der Waals surface area contributed by atoms with Crippen molar-refractivity contribution in [1.29, 1.82) is 0 Å². The average molecular weight is 499 g/mol. The maximum absolute atomic E-state index is 13.6. The highest BCUT2D eigenvalue weighted by Gasteiger charge is 2.64. The molecule has 0 aromatic heterocycles. The summed E-state index contributed by atoms with van der Waals surface area (Å²) in [5, 5.41) is 21.5. The van der Waals surface area contributed by atoms with Gasteiger partial charge in [-0.2, -0.15) is 13.2 Å². The Hall–Kier alpha value is -0.290. The first-order valence-electron chi connectivity index (χ1n) is 14.8. The van der Waals surface area contributed by atoms with Crippen LogP contribution < -0.4 is 0 Å². The van der Waals surface area contributed by atoms with Crippen molar-refractivity contribution in [3.8, 4) is 0 Å². The van der Waals surface area contributed by atoms with Crippen LogP contribution in [-0.2, 0) is 0 Å². The highest BCUT2D eigenvalue weighted by Crippen LogP contribution is 2.69. The Bertz CT molecular complexity index is 774. The normalized spacial score (nSPS) is 52.5. The van der Waals surface area contributed by atoms with Crippen molar-refractivity contribution < 1.29 is 23.4 Å². The Labute approximate surface area is 210 Å². The lowest BCUT2D eigenvalue weighted by atomic mass is 9.43. The number of aliphatic hydroxyl groups is 2. The number of alkyl halides is 3. The quantitative estimate of drug-likeness (QED) is 0.412. The fraction of sp³-hybridized carbons (Fsp3) is 1.00. The van der Waals surface area contributed by atoms with Gasteiger partial charge in [0.15, 0.2) is 5.60 Å². The third kappa shape index (κ3) is 4.41. The zero-order chi connectivity index (χ0) is 25.3. The molecule has 5 heteroatoms. The Morgan fingerprint density at radius 2 is 1.46 bits per heavy atom. The third-order valence-electron chi connectivity index (χ3n) is 12.9. The highest BCUT2D eigenvalue weighted by molar-refractivity contribution is 5.11. The molecule has 2 nitrogen and oxygen atoms in total. The van der Waals surface area contributed by atoms with Gasteiger partial charge in [-0.15, -0.1) is 0 Å². The predicted molar refractivity (Wildman–Crippen MR) is 133 cm³/mol. The maximum Gasteiger partial charge on any atom is 0.417 e. The second-order valence-electron chi connectivity index (χ2n) is 14.5. The molecule has 0 amide bonds. The second-order valence-corrected chi connectivity index (χ2v) is 14.5. The number of fused-ring (bicyclic) bond motifs is 5. The second kappa shape index (κ2) is 8.89. The van der Waals surface area contributed by atoms with E-state index in [2.05, 4.69) is 20.8 Å². The van der Waals surface area contributed by atoms with Gasteiger partial charge in [0, 0.05) is 0 Å². The van der Waals surface area contributed by atoms with Crippen molar-refractivity contribution in [1.82, 2.24) is 0 Å². The van der Waals surface area contributed by atoms with Crippen molar-refractivity contribution in [2.24, 2.45) is 46.3 Å². The molecule has 0 bridgehead atoms. The van der Waals surface area contributed by atoms with Gasteiger partial charge in [0.05, 0.1) is 5.60 Å². The molecule has 0 spiro atoms. The van der Waals surface area contributed by atoms with E-state index in [4.69, 9.17) is 0 Å². The van der Waals surface area contributed by atoms with E-state index >= 15 is 0 Å². The van der Waals surface area contributed by atoms with Gasteiger partial charge in [0.2, 0.25) is 0 Å². The summed E-state index contributed by atoms with van der Waals surface area (Å²) in [4.78, 5) is 0. The van der Waals surface area contributed by atoms with Gasteiger partial charge in [-0.25, -0.2) is 0 Å². The van der Waals surface area contributed by atoms with Crippen molar-refractivity contribution in [2.75, 3.05) is 0 Å². The fourth-order valence-corrected chi connectivity index (χ4v) is 10.3. The molecule has 5 fully saturated rings. The van der Waals surface area contributed by atoms with Crippen molar-refractivity contribution in [2.45, 2.75) is 141 Å². The minimum absolute atomic E-state index is 0.00960. The summed E-state index contributed by atoms with van der Waals surface area (Å²) >= 11 is 0. The summed E-state index contributed by atoms with van der Waals surface area (Å²) in [6.45, 7) is 7.10. The molecule has 0 saturated heterocycles. The Balaban J connectivity index is 1.22. The summed E-state index contributed by atoms with van der Waals surface area (Å²) in [5.74, 6) is 3.33. The summed E-state index contributed by atoms with van der Waals surface area (Å²) in [6.07, 6.45) is 10.1. The lowest BCUT2D eigenvalue weighted by molar-refractivity contribution is -0.290. The third-order valence-corrected chi connectivity index (χ3v) is 12.9. The molecular weight excluding hydrogens is 449 g/mol. The molecule has 5 saturated carbocycles. The molecule has 2 N–H and O–H groups in total. The van der Waals surface area contributed by atoms with Gasteiger partial charge in [0.25, 0.3) is 0 Å². The van der Waals surface area contributed by atoms with E-state index in [1.54, 1.807) is 0 Å². The van der Waals surface area contributed by atoms with Crippen molar-refractivity contribution >= 4 is 0 Å². The minimum Gasteiger partial charge on any atom is -0.390 e. The molecule has 8 atom stereocenters. The molecule has 35 heavy (non-hydrogen) atoms. The number of rotatable bonds is 4. The van der Waals surface area contributed by atoms with E-state index in [1.807, 2.05) is 0 Å². The molecule has 0 aromatic rings. The zero-order valence-electron chi connectivity index (χ0n) is 22.3. The monoisotopic (exact) mass is 498 g/mol. The van der Waals surface area contributed by atoms with Crippen LogP contribution in [0.3, 0.4) is 0 Å². The average Bonchev–Trinajstić information content (AvgIpc) is 3.12. The first-order valence-corrected chi connectivity index (χ1v) is 14.8. The van der Waals surface area contributed by atoms with Crippen LogP contribution in [0, 0.1) is 46.3 Å². The molecule has 202 valence electrons. The molecule has 5 aliphatic rings. The van der Waals surface area contributed by atoms with E-state index in [9.17, 15) is 23.4 Å². The Kier molecular flexibility index (Phi) is 6.68. The van der Waals surface area contributed by atoms with Crippen LogP contribution in [0.4, 0.5) is 13.2 Å². The smallest absolute Gasteiger partial charge is 0.390 e. The molecule has 0 unspecified atom stereocenters. The van der Waals surface area contributed by atoms with E-state index in [-0.39, 0.29) is 24.2 Å². The first-order chi connectivity index (χ1) is 16.3. The lowest BCUT2D eigenvalue weighted by Crippen LogP contribution is -2.59. The van der Waals surface area contributed by atoms with E-state index in [1.165, 1.54) is 25.7 Å². The van der Waals surface area contributed by atoms with Crippen molar-refractivity contribution in [3.63, 3.8) is 0 Å². The molecule has 5 aliphatic carbocycles. The summed E-state index contributed by atoms with van der Waals surface area (Å²) in [5.41, 5.74) is -2.61. The Morgan fingerprint density at radius 1 is 0.771 bits per heavy atom. The van der Waals surface area contributed by atoms with Gasteiger partial charge in [-0.1, -0.05) is 27.2 Å². The van der Waals surface area contributed by atoms with Gasteiger partial charge < -0.3 is 10.2 Å². The largest absolute Gasteiger partial charge is 0.417 e. The number of halogens is 3. The highest BCUT2D eigenvalue weighted by atomic mass is 19.4. The standard InChI is InChI=1S/C30H49F3O2/c1-20-10-15-28(34,16-11-20)13-4-5-21-7-9-24-23-8-6-22-19-29(35,30(31,32)33)18-17-27(22,3)25(23)12-14-26(21,24)2/h20-25,34-35H,4-19H2,1-3H3/t20-,21-,22+,23+,24+,25+,26-,27+,28+,29+/m1/s1. The molecule has 0 heterocycles. The van der Waals surface area contributed by atoms with E-state index < -0.39 is 17.4 Å². The van der Waals surface area contributed by atoms with Crippen LogP contribution in [0.15, 0.2) is 0 Å². The topological polar surface area (TPSA) is 40.5 Å². The number of hydrogen-bond donors (Lipinski definition) is 2. The SMILES string of the molecule is C[C@]12CC[C@@](O)(C(F)(F)F)C[C@@H]1CC[C@@H]1[C@@H]2CC[C@]2(C)[C@H](CCC[C@]3(O)CC[C@@H](C)CC3)CC[C@@H]12. The molecule has 0 aliphatic heterocycles. The van der Waals surface area contributed by atoms with Gasteiger partial charge >= 0.3 is 6.18 Å². The van der Waals surface area contributed by atoms with Crippen LogP contribution >= 0.6 is 0 Å². The summed E-state index contributed by atoms with van der Waals surface area (Å²) < 4.78 is 40.8. The van der Waals surface area contributed by atoms with Gasteiger partial charge in [0.1, 0.15) is 0 Å². The van der Waals surface area contributed by atoms with Crippen LogP contribution in [0.1, 0.15) is 124 Å². The minimum atomic E-state index is -4.52. The summed E-state index contributed by atoms with van der Waals surface area (Å²) in [7, 11) is 0.